The fourth-order valence-corrected chi connectivity index (χ4v) is 5.31. The zero-order valence-electron chi connectivity index (χ0n) is 18.9. The Morgan fingerprint density at radius 3 is 2.56 bits per heavy atom. The van der Waals surface area contributed by atoms with Gasteiger partial charge in [-0.15, -0.1) is 11.3 Å². The van der Waals surface area contributed by atoms with Gasteiger partial charge in [0.15, 0.2) is 22.9 Å². The van der Waals surface area contributed by atoms with Crippen molar-refractivity contribution >= 4 is 39.7 Å². The Morgan fingerprint density at radius 2 is 1.89 bits per heavy atom. The predicted molar refractivity (Wildman–Crippen MR) is 127 cm³/mol. The van der Waals surface area contributed by atoms with Gasteiger partial charge >= 0.3 is 6.18 Å². The molecule has 6 nitrogen and oxygen atoms in total. The Balaban J connectivity index is 1.66. The van der Waals surface area contributed by atoms with Crippen LogP contribution in [0.15, 0.2) is 75.7 Å². The maximum absolute atomic E-state index is 13.7. The van der Waals surface area contributed by atoms with E-state index < -0.39 is 35.2 Å². The van der Waals surface area contributed by atoms with E-state index in [-0.39, 0.29) is 17.0 Å². The van der Waals surface area contributed by atoms with E-state index in [1.165, 1.54) is 36.6 Å². The molecule has 0 radical (unpaired) electrons. The number of para-hydroxylation sites is 1. The van der Waals surface area contributed by atoms with Gasteiger partial charge < -0.3 is 14.3 Å². The maximum Gasteiger partial charge on any atom is 0.416 e. The van der Waals surface area contributed by atoms with E-state index >= 15 is 0 Å². The summed E-state index contributed by atoms with van der Waals surface area (Å²) in [6, 6.07) is 11.4. The molecular formula is C26H18F3NO5S. The number of alkyl halides is 3. The number of fused-ring (bicyclic) bond motifs is 1. The van der Waals surface area contributed by atoms with Crippen molar-refractivity contribution in [2.75, 3.05) is 12.0 Å². The normalized spacial score (nSPS) is 16.3. The van der Waals surface area contributed by atoms with Crippen LogP contribution in [0.3, 0.4) is 0 Å². The fourth-order valence-electron chi connectivity index (χ4n) is 4.29. The molecule has 3 heterocycles. The summed E-state index contributed by atoms with van der Waals surface area (Å²) < 4.78 is 51.3. The van der Waals surface area contributed by atoms with Crippen LogP contribution in [0, 0.1) is 6.92 Å². The lowest BCUT2D eigenvalue weighted by Gasteiger charge is -2.27. The lowest BCUT2D eigenvalue weighted by molar-refractivity contribution is -0.137. The van der Waals surface area contributed by atoms with Gasteiger partial charge in [0.25, 0.3) is 5.91 Å². The highest BCUT2D eigenvalue weighted by Crippen LogP contribution is 2.46. The molecule has 184 valence electrons. The molecule has 0 fully saturated rings. The fraction of sp³-hybridized carbons (Fsp3) is 0.154. The van der Waals surface area contributed by atoms with Gasteiger partial charge in [-0.3, -0.25) is 14.5 Å². The second-order valence-electron chi connectivity index (χ2n) is 8.17. The van der Waals surface area contributed by atoms with Gasteiger partial charge in [-0.2, -0.15) is 13.2 Å². The van der Waals surface area contributed by atoms with Crippen LogP contribution in [0.2, 0.25) is 0 Å². The monoisotopic (exact) mass is 513 g/mol. The number of nitrogens with zero attached hydrogens (tertiary/aromatic N) is 1. The van der Waals surface area contributed by atoms with Crippen molar-refractivity contribution in [3.63, 3.8) is 0 Å². The zero-order chi connectivity index (χ0) is 25.8. The highest BCUT2D eigenvalue weighted by molar-refractivity contribution is 7.10. The first kappa shape index (κ1) is 23.7. The number of anilines is 1. The van der Waals surface area contributed by atoms with Crippen LogP contribution >= 0.6 is 11.3 Å². The van der Waals surface area contributed by atoms with E-state index in [9.17, 15) is 27.9 Å². The van der Waals surface area contributed by atoms with Crippen molar-refractivity contribution in [2.45, 2.75) is 19.1 Å². The number of halogens is 3. The number of furan rings is 1. The Kier molecular flexibility index (Phi) is 5.63. The van der Waals surface area contributed by atoms with Gasteiger partial charge in [-0.25, -0.2) is 0 Å². The number of benzene rings is 2. The first-order chi connectivity index (χ1) is 17.1. The minimum Gasteiger partial charge on any atom is -0.503 e. The molecule has 1 aliphatic heterocycles. The summed E-state index contributed by atoms with van der Waals surface area (Å²) in [6.45, 7) is 1.75. The van der Waals surface area contributed by atoms with Crippen LogP contribution in [0.1, 0.15) is 32.6 Å². The molecule has 0 saturated heterocycles. The molecule has 1 aliphatic rings. The number of aliphatic hydroxyl groups excluding tert-OH is 1. The number of amides is 1. The highest BCUT2D eigenvalue weighted by Gasteiger charge is 2.47. The third kappa shape index (κ3) is 3.74. The van der Waals surface area contributed by atoms with Crippen LogP contribution in [0.5, 0.6) is 5.75 Å². The molecule has 1 atom stereocenters. The largest absolute Gasteiger partial charge is 0.503 e. The molecule has 0 spiro atoms. The SMILES string of the molecule is COc1cccc2cc(C(=O)C3=C(O)C(=O)N(c4cccc(C(F)(F)F)c4)C3c3sccc3C)oc12. The summed E-state index contributed by atoms with van der Waals surface area (Å²) in [7, 11) is 1.45. The quantitative estimate of drug-likeness (QED) is 0.304. The van der Waals surface area contributed by atoms with Crippen molar-refractivity contribution in [1.82, 2.24) is 0 Å². The smallest absolute Gasteiger partial charge is 0.416 e. The molecule has 5 rings (SSSR count). The van der Waals surface area contributed by atoms with Gasteiger partial charge in [0.1, 0.15) is 6.04 Å². The molecule has 0 saturated carbocycles. The van der Waals surface area contributed by atoms with E-state index in [1.54, 1.807) is 36.6 Å². The Morgan fingerprint density at radius 1 is 1.14 bits per heavy atom. The van der Waals surface area contributed by atoms with Crippen molar-refractivity contribution in [2.24, 2.45) is 0 Å². The number of ether oxygens (including phenoxy) is 1. The molecule has 0 bridgehead atoms. The molecule has 10 heteroatoms. The minimum atomic E-state index is -4.64. The van der Waals surface area contributed by atoms with E-state index in [0.29, 0.717) is 27.2 Å². The second kappa shape index (κ2) is 8.56. The molecule has 2 aromatic carbocycles. The summed E-state index contributed by atoms with van der Waals surface area (Å²) in [5.41, 5.74) is -0.320. The molecule has 36 heavy (non-hydrogen) atoms. The van der Waals surface area contributed by atoms with Crippen molar-refractivity contribution in [1.29, 1.82) is 0 Å². The van der Waals surface area contributed by atoms with Gasteiger partial charge in [0.2, 0.25) is 5.78 Å². The molecule has 1 amide bonds. The number of carbonyl (C=O) groups excluding carboxylic acids is 2. The Hall–Kier alpha value is -4.05. The van der Waals surface area contributed by atoms with Crippen LogP contribution < -0.4 is 9.64 Å². The number of hydrogen-bond acceptors (Lipinski definition) is 6. The van der Waals surface area contributed by atoms with Crippen LogP contribution in [-0.2, 0) is 11.0 Å². The van der Waals surface area contributed by atoms with Crippen LogP contribution in [0.4, 0.5) is 18.9 Å². The standard InChI is InChI=1S/C26H18F3NO5S/c1-13-9-10-36-24(13)20-19(21(31)18-11-14-5-3-8-17(34-2)23(14)35-18)22(32)25(33)30(20)16-7-4-6-15(12-16)26(27,28)29/h3-12,20,32H,1-2H3. The summed E-state index contributed by atoms with van der Waals surface area (Å²) >= 11 is 1.22. The molecule has 1 unspecified atom stereocenters. The number of Topliss-reactive ketones (excluding diaryl/α,β-unsaturated/α-hetero) is 1. The van der Waals surface area contributed by atoms with Gasteiger partial charge in [-0.1, -0.05) is 18.2 Å². The summed E-state index contributed by atoms with van der Waals surface area (Å²) in [6.07, 6.45) is -4.64. The van der Waals surface area contributed by atoms with E-state index in [4.69, 9.17) is 9.15 Å². The number of rotatable bonds is 5. The lowest BCUT2D eigenvalue weighted by atomic mass is 9.98. The van der Waals surface area contributed by atoms with Gasteiger partial charge in [-0.05, 0) is 54.3 Å². The Labute approximate surface area is 206 Å². The summed E-state index contributed by atoms with van der Waals surface area (Å²) in [4.78, 5) is 28.5. The molecular weight excluding hydrogens is 495 g/mol. The van der Waals surface area contributed by atoms with Crippen molar-refractivity contribution in [3.8, 4) is 5.75 Å². The number of methoxy groups -OCH3 is 1. The van der Waals surface area contributed by atoms with Crippen LogP contribution in [-0.4, -0.2) is 23.9 Å². The average molecular weight is 513 g/mol. The number of aryl methyl sites for hydroxylation is 1. The molecule has 2 aromatic heterocycles. The number of carbonyl (C=O) groups is 2. The average Bonchev–Trinajstić information content (AvgIpc) is 3.54. The summed E-state index contributed by atoms with van der Waals surface area (Å²) in [5, 5.41) is 13.2. The second-order valence-corrected chi connectivity index (χ2v) is 9.12. The topological polar surface area (TPSA) is 80.0 Å². The predicted octanol–water partition coefficient (Wildman–Crippen LogP) is 6.61. The van der Waals surface area contributed by atoms with Crippen LogP contribution in [0.25, 0.3) is 11.0 Å². The third-order valence-corrected chi connectivity index (χ3v) is 7.08. The number of thiophene rings is 1. The Bertz CT molecular complexity index is 1550. The summed E-state index contributed by atoms with van der Waals surface area (Å²) in [5.74, 6) is -2.34. The first-order valence-electron chi connectivity index (χ1n) is 10.7. The van der Waals surface area contributed by atoms with Gasteiger partial charge in [0, 0.05) is 16.0 Å². The van der Waals surface area contributed by atoms with Gasteiger partial charge in [0.05, 0.1) is 18.2 Å². The minimum absolute atomic E-state index is 0.103. The van der Waals surface area contributed by atoms with E-state index in [2.05, 4.69) is 0 Å². The van der Waals surface area contributed by atoms with E-state index in [0.717, 1.165) is 17.0 Å². The third-order valence-electron chi connectivity index (χ3n) is 6.01. The van der Waals surface area contributed by atoms with E-state index in [1.807, 2.05) is 0 Å². The van der Waals surface area contributed by atoms with Crippen molar-refractivity contribution < 1.29 is 37.0 Å². The molecule has 1 N–H and O–H groups in total. The highest BCUT2D eigenvalue weighted by atomic mass is 32.1. The zero-order valence-corrected chi connectivity index (χ0v) is 19.7. The first-order valence-corrected chi connectivity index (χ1v) is 11.6. The number of aliphatic hydroxyl groups is 1. The number of hydrogen-bond donors (Lipinski definition) is 1. The molecule has 4 aromatic rings. The molecule has 0 aliphatic carbocycles. The maximum atomic E-state index is 13.7. The lowest BCUT2D eigenvalue weighted by Crippen LogP contribution is -2.31. The van der Waals surface area contributed by atoms with Crippen molar-refractivity contribution in [3.05, 3.63) is 93.1 Å². The number of ketones is 1.